The second kappa shape index (κ2) is 44.8. The van der Waals surface area contributed by atoms with E-state index in [9.17, 15) is 24.6 Å². The molecule has 0 bridgehead atoms. The normalized spacial score (nSPS) is 19.9. The minimum Gasteiger partial charge on any atom is -0.506 e. The SMILES string of the molecule is Nc1ccccc1N.O=C(CC1CCC(c2ccnc3ccccc23)CC1)Nc1ccccc1O.O=C(CC1CCC(c2ccnc3ccccc23)CC1)Nc1ccccc1O.O=C(O)CC1CCC(c2ccnc3ccccc23)CC1.c1ccc2oc(CC3CCC(c4ccnc5ccccc45)CC3)nc2c1.c1ccc2oc(CC3CCC(c4ccnc5ccccc45)CC3)nc2c1. The summed E-state index contributed by atoms with van der Waals surface area (Å²) in [4.78, 5) is 67.1. The summed E-state index contributed by atoms with van der Waals surface area (Å²) in [5.41, 5.74) is 29.3. The lowest BCUT2D eigenvalue weighted by Gasteiger charge is -2.29. The molecule has 0 unspecified atom stereocenters. The quantitative estimate of drug-likeness (QED) is 0.0329. The molecule has 0 saturated heterocycles. The number of phenolic OH excluding ortho intramolecular Hbond substituents is 2. The fourth-order valence-electron chi connectivity index (χ4n) is 21.1. The summed E-state index contributed by atoms with van der Waals surface area (Å²) < 4.78 is 11.8. The number of anilines is 4. The Morgan fingerprint density at radius 2 is 0.522 bits per heavy atom. The van der Waals surface area contributed by atoms with Crippen molar-refractivity contribution in [1.82, 2.24) is 34.9 Å². The van der Waals surface area contributed by atoms with Crippen LogP contribution in [0.3, 0.4) is 0 Å². The summed E-state index contributed by atoms with van der Waals surface area (Å²) in [6, 6.07) is 89.8. The number of nitrogens with one attached hydrogen (secondary N) is 2. The second-order valence-corrected chi connectivity index (χ2v) is 37.0. The number of hydrogen-bond donors (Lipinski definition) is 7. The van der Waals surface area contributed by atoms with Gasteiger partial charge in [0.1, 0.15) is 22.5 Å². The number of aliphatic carboxylic acids is 1. The molecule has 19 heteroatoms. The minimum atomic E-state index is -0.664. The van der Waals surface area contributed by atoms with E-state index in [1.165, 1.54) is 106 Å². The number of carbonyl (C=O) groups is 3. The van der Waals surface area contributed by atoms with E-state index >= 15 is 0 Å². The van der Waals surface area contributed by atoms with Gasteiger partial charge >= 0.3 is 5.97 Å². The second-order valence-electron chi connectivity index (χ2n) is 37.0. The number of nitrogens with two attached hydrogens (primary N) is 2. The predicted molar refractivity (Wildman–Crippen MR) is 538 cm³/mol. The van der Waals surface area contributed by atoms with Crippen LogP contribution in [0.1, 0.15) is 217 Å². The number of phenols is 2. The summed E-state index contributed by atoms with van der Waals surface area (Å²) >= 11 is 0. The number of carboxylic acid groups (broad SMARTS) is 1. The number of hydrogen-bond acceptors (Lipinski definition) is 16. The molecule has 17 aromatic rings. The van der Waals surface area contributed by atoms with Gasteiger partial charge in [0.15, 0.2) is 22.9 Å². The summed E-state index contributed by atoms with van der Waals surface area (Å²) in [5, 5.41) is 40.5. The van der Waals surface area contributed by atoms with Crippen molar-refractivity contribution in [2.24, 2.45) is 29.6 Å². The number of para-hydroxylation sites is 15. The third-order valence-electron chi connectivity index (χ3n) is 28.2. The zero-order valence-electron chi connectivity index (χ0n) is 76.0. The van der Waals surface area contributed by atoms with E-state index in [1.54, 1.807) is 60.7 Å². The molecule has 2 amide bonds. The van der Waals surface area contributed by atoms with E-state index in [2.05, 4.69) is 179 Å². The maximum absolute atomic E-state index is 12.3. The molecule has 22 rings (SSSR count). The van der Waals surface area contributed by atoms with Crippen LogP contribution in [0.2, 0.25) is 0 Å². The highest BCUT2D eigenvalue weighted by Crippen LogP contribution is 2.46. The molecule has 134 heavy (non-hydrogen) atoms. The average molecular weight is 1780 g/mol. The molecule has 7 heterocycles. The zero-order valence-corrected chi connectivity index (χ0v) is 76.0. The van der Waals surface area contributed by atoms with E-state index in [-0.39, 0.29) is 23.3 Å². The van der Waals surface area contributed by atoms with E-state index in [4.69, 9.17) is 25.4 Å². The zero-order chi connectivity index (χ0) is 91.9. The molecule has 0 spiro atoms. The number of oxazole rings is 2. The molecule has 7 aromatic heterocycles. The van der Waals surface area contributed by atoms with Gasteiger partial charge in [-0.1, -0.05) is 152 Å². The third-order valence-corrected chi connectivity index (χ3v) is 28.2. The van der Waals surface area contributed by atoms with Crippen LogP contribution in [0.25, 0.3) is 76.7 Å². The molecule has 0 aliphatic heterocycles. The number of aromatic nitrogens is 7. The number of fused-ring (bicyclic) bond motifs is 7. The number of benzene rings is 10. The van der Waals surface area contributed by atoms with Crippen molar-refractivity contribution in [3.8, 4) is 11.5 Å². The van der Waals surface area contributed by atoms with Crippen LogP contribution in [0, 0.1) is 29.6 Å². The van der Waals surface area contributed by atoms with E-state index in [0.717, 1.165) is 151 Å². The van der Waals surface area contributed by atoms with Crippen LogP contribution in [0.4, 0.5) is 22.7 Å². The lowest BCUT2D eigenvalue weighted by molar-refractivity contribution is -0.138. The molecule has 10 aromatic carbocycles. The Balaban J connectivity index is 0.000000114. The largest absolute Gasteiger partial charge is 0.506 e. The van der Waals surface area contributed by atoms with Gasteiger partial charge in [-0.25, -0.2) is 9.97 Å². The lowest BCUT2D eigenvalue weighted by Crippen LogP contribution is -2.20. The number of carbonyl (C=O) groups excluding carboxylic acids is 2. The molecule has 9 N–H and O–H groups in total. The fraction of sp³-hybridized carbons (Fsp3) is 0.304. The van der Waals surface area contributed by atoms with Crippen LogP contribution in [-0.4, -0.2) is 68.0 Å². The van der Waals surface area contributed by atoms with Gasteiger partial charge in [-0.15, -0.1) is 0 Å². The Morgan fingerprint density at radius 1 is 0.284 bits per heavy atom. The molecule has 5 aliphatic rings. The predicted octanol–water partition coefficient (Wildman–Crippen LogP) is 27.1. The molecule has 0 atom stereocenters. The fourth-order valence-corrected chi connectivity index (χ4v) is 21.1. The van der Waals surface area contributed by atoms with Crippen molar-refractivity contribution in [2.45, 2.75) is 190 Å². The molecule has 19 nitrogen and oxygen atoms in total. The van der Waals surface area contributed by atoms with E-state index in [0.29, 0.717) is 101 Å². The first-order chi connectivity index (χ1) is 65.7. The molecule has 5 aliphatic carbocycles. The first-order valence-electron chi connectivity index (χ1n) is 48.0. The number of rotatable bonds is 17. The van der Waals surface area contributed by atoms with Crippen LogP contribution < -0.4 is 22.1 Å². The van der Waals surface area contributed by atoms with Crippen LogP contribution in [-0.2, 0) is 27.2 Å². The van der Waals surface area contributed by atoms with Gasteiger partial charge in [-0.05, 0) is 337 Å². The standard InChI is InChI=1S/2C23H24N2O2.2C23H22N2O.C17H19NO2.C6H8N2/c2*26-22-8-4-3-7-21(22)25-23(27)15-16-9-11-17(12-10-16)18-13-14-24-20-6-2-1-5-19(18)20;2*1-2-6-20-19(5-1)18(13-14-24-20)17-11-9-16(10-12-17)15-23-25-21-7-3-4-8-22(21)26-23;19-17(20)11-12-5-7-13(8-6-12)14-9-10-18-16-4-2-1-3-15(14)16;7-5-3-1-2-4-6(5)8/h2*1-8,13-14,16-17,26H,9-12,15H2,(H,25,27);2*1-8,13-14,16-17H,9-12,15H2;1-4,9-10,12-13H,5-8,11H2,(H,19,20);1-4H,7-8H2. The van der Waals surface area contributed by atoms with Crippen molar-refractivity contribution in [2.75, 3.05) is 22.1 Å². The number of nitrogens with zero attached hydrogens (tertiary/aromatic N) is 7. The number of amides is 2. The number of carboxylic acids is 1. The van der Waals surface area contributed by atoms with Crippen LogP contribution in [0.15, 0.2) is 313 Å². The molecular weight excluding hydrogens is 1660 g/mol. The van der Waals surface area contributed by atoms with Crippen LogP contribution in [0.5, 0.6) is 11.5 Å². The van der Waals surface area contributed by atoms with Crippen molar-refractivity contribution < 1.29 is 38.5 Å². The maximum Gasteiger partial charge on any atom is 0.303 e. The smallest absolute Gasteiger partial charge is 0.303 e. The lowest BCUT2D eigenvalue weighted by atomic mass is 9.77. The average Bonchev–Trinajstić information content (AvgIpc) is 1.15. The first-order valence-corrected chi connectivity index (χ1v) is 48.0. The van der Waals surface area contributed by atoms with Gasteiger partial charge in [-0.3, -0.25) is 39.3 Å². The summed E-state index contributed by atoms with van der Waals surface area (Å²) in [5.74, 6) is 6.72. The number of pyridine rings is 5. The summed E-state index contributed by atoms with van der Waals surface area (Å²) in [6.07, 6.45) is 35.6. The topological polar surface area (TPSA) is 305 Å². The van der Waals surface area contributed by atoms with Crippen LogP contribution >= 0.6 is 0 Å². The van der Waals surface area contributed by atoms with E-state index < -0.39 is 5.97 Å². The van der Waals surface area contributed by atoms with Gasteiger partial charge in [0.25, 0.3) is 0 Å². The molecular formula is C115H119N11O8. The van der Waals surface area contributed by atoms with Gasteiger partial charge in [0.05, 0.1) is 50.3 Å². The number of aromatic hydroxyl groups is 2. The summed E-state index contributed by atoms with van der Waals surface area (Å²) in [7, 11) is 0. The third kappa shape index (κ3) is 23.8. The maximum atomic E-state index is 12.3. The Hall–Kier alpha value is -14.2. The highest BCUT2D eigenvalue weighted by Gasteiger charge is 2.32. The van der Waals surface area contributed by atoms with Gasteiger partial charge in [0.2, 0.25) is 11.8 Å². The highest BCUT2D eigenvalue weighted by atomic mass is 16.4. The first kappa shape index (κ1) is 91.7. The Bertz CT molecular complexity index is 6350. The molecule has 5 saturated carbocycles. The monoisotopic (exact) mass is 1780 g/mol. The molecule has 5 fully saturated rings. The van der Waals surface area contributed by atoms with E-state index in [1.807, 2.05) is 110 Å². The van der Waals surface area contributed by atoms with Crippen molar-refractivity contribution in [3.63, 3.8) is 0 Å². The Kier molecular flexibility index (Phi) is 30.7. The highest BCUT2D eigenvalue weighted by molar-refractivity contribution is 5.94. The molecule has 682 valence electrons. The Morgan fingerprint density at radius 3 is 0.791 bits per heavy atom. The van der Waals surface area contributed by atoms with Gasteiger partial charge in [-0.2, -0.15) is 0 Å². The number of nitrogen functional groups attached to an aromatic ring is 2. The van der Waals surface area contributed by atoms with Crippen molar-refractivity contribution in [1.29, 1.82) is 0 Å². The van der Waals surface area contributed by atoms with Gasteiger partial charge < -0.3 is 46.3 Å². The minimum absolute atomic E-state index is 0.0192. The Labute approximate surface area is 782 Å². The summed E-state index contributed by atoms with van der Waals surface area (Å²) in [6.45, 7) is 0. The molecule has 0 radical (unpaired) electrons. The van der Waals surface area contributed by atoms with Gasteiger partial charge in [0, 0.05) is 90.0 Å². The van der Waals surface area contributed by atoms with Crippen molar-refractivity contribution >= 4 is 117 Å². The van der Waals surface area contributed by atoms with Crippen molar-refractivity contribution in [3.05, 3.63) is 344 Å².